The Labute approximate surface area is 103 Å². The summed E-state index contributed by atoms with van der Waals surface area (Å²) < 4.78 is 0. The van der Waals surface area contributed by atoms with Crippen LogP contribution in [0.15, 0.2) is 24.3 Å². The van der Waals surface area contributed by atoms with Gasteiger partial charge in [-0.1, -0.05) is 49.4 Å². The Morgan fingerprint density at radius 1 is 1.00 bits per heavy atom. The molecule has 2 rings (SSSR count). The minimum atomic E-state index is 0.721. The Bertz CT molecular complexity index is 299. The summed E-state index contributed by atoms with van der Waals surface area (Å²) in [5.41, 5.74) is 1.33. The van der Waals surface area contributed by atoms with Crippen molar-refractivity contribution in [2.24, 2.45) is 0 Å². The normalized spacial score (nSPS) is 18.3. The van der Waals surface area contributed by atoms with Crippen molar-refractivity contribution in [3.05, 3.63) is 34.9 Å². The van der Waals surface area contributed by atoms with Gasteiger partial charge in [0.1, 0.15) is 0 Å². The van der Waals surface area contributed by atoms with E-state index in [2.05, 4.69) is 17.4 Å². The molecule has 1 aliphatic carbocycles. The van der Waals surface area contributed by atoms with Crippen LogP contribution < -0.4 is 5.32 Å². The Balaban J connectivity index is 1.79. The molecule has 0 heterocycles. The number of hydrogen-bond acceptors (Lipinski definition) is 1. The smallest absolute Gasteiger partial charge is 0.0406 e. The third kappa shape index (κ3) is 3.80. The van der Waals surface area contributed by atoms with E-state index in [1.807, 2.05) is 12.1 Å². The van der Waals surface area contributed by atoms with Crippen LogP contribution in [0.4, 0.5) is 0 Å². The van der Waals surface area contributed by atoms with Crippen molar-refractivity contribution in [2.45, 2.75) is 51.1 Å². The molecule has 88 valence electrons. The van der Waals surface area contributed by atoms with Crippen LogP contribution >= 0.6 is 11.6 Å². The topological polar surface area (TPSA) is 12.0 Å². The minimum Gasteiger partial charge on any atom is -0.310 e. The van der Waals surface area contributed by atoms with E-state index in [0.717, 1.165) is 17.6 Å². The van der Waals surface area contributed by atoms with E-state index in [-0.39, 0.29) is 0 Å². The Morgan fingerprint density at radius 3 is 2.25 bits per heavy atom. The lowest BCUT2D eigenvalue weighted by atomic mass is 10.1. The molecule has 0 saturated heterocycles. The van der Waals surface area contributed by atoms with E-state index in [9.17, 15) is 0 Å². The SMILES string of the molecule is Clc1ccc(CNC2CCCCCC2)cc1. The molecule has 0 spiro atoms. The number of rotatable bonds is 3. The van der Waals surface area contributed by atoms with Gasteiger partial charge in [0, 0.05) is 17.6 Å². The van der Waals surface area contributed by atoms with Crippen molar-refractivity contribution in [1.29, 1.82) is 0 Å². The van der Waals surface area contributed by atoms with Crippen LogP contribution in [-0.2, 0) is 6.54 Å². The number of benzene rings is 1. The highest BCUT2D eigenvalue weighted by Gasteiger charge is 2.10. The van der Waals surface area contributed by atoms with Crippen LogP contribution in [0.25, 0.3) is 0 Å². The first-order chi connectivity index (χ1) is 7.84. The predicted octanol–water partition coefficient (Wildman–Crippen LogP) is 4.15. The lowest BCUT2D eigenvalue weighted by Crippen LogP contribution is -2.27. The van der Waals surface area contributed by atoms with Crippen LogP contribution in [-0.4, -0.2) is 6.04 Å². The second-order valence-corrected chi connectivity index (χ2v) is 5.13. The molecule has 1 aliphatic rings. The number of nitrogens with one attached hydrogen (secondary N) is 1. The summed E-state index contributed by atoms with van der Waals surface area (Å²) in [5, 5.41) is 4.47. The molecule has 1 aromatic carbocycles. The Kier molecular flexibility index (Phi) is 4.68. The monoisotopic (exact) mass is 237 g/mol. The van der Waals surface area contributed by atoms with Gasteiger partial charge < -0.3 is 5.32 Å². The lowest BCUT2D eigenvalue weighted by molar-refractivity contribution is 0.459. The van der Waals surface area contributed by atoms with Crippen LogP contribution in [0, 0.1) is 0 Å². The van der Waals surface area contributed by atoms with E-state index in [1.54, 1.807) is 0 Å². The molecule has 1 aromatic rings. The second kappa shape index (κ2) is 6.27. The van der Waals surface area contributed by atoms with Crippen molar-refractivity contribution in [3.8, 4) is 0 Å². The van der Waals surface area contributed by atoms with E-state index in [0.29, 0.717) is 0 Å². The van der Waals surface area contributed by atoms with Gasteiger partial charge in [-0.05, 0) is 30.5 Å². The third-order valence-electron chi connectivity index (χ3n) is 3.36. The summed E-state index contributed by atoms with van der Waals surface area (Å²) in [6, 6.07) is 8.85. The van der Waals surface area contributed by atoms with Crippen molar-refractivity contribution >= 4 is 11.6 Å². The maximum absolute atomic E-state index is 5.86. The fourth-order valence-corrected chi connectivity index (χ4v) is 2.47. The average Bonchev–Trinajstić information content (AvgIpc) is 2.57. The highest BCUT2D eigenvalue weighted by molar-refractivity contribution is 6.30. The zero-order chi connectivity index (χ0) is 11.2. The van der Waals surface area contributed by atoms with Gasteiger partial charge >= 0.3 is 0 Å². The summed E-state index contributed by atoms with van der Waals surface area (Å²) in [6.45, 7) is 0.974. The van der Waals surface area contributed by atoms with Gasteiger partial charge in [-0.3, -0.25) is 0 Å². The average molecular weight is 238 g/mol. The number of hydrogen-bond donors (Lipinski definition) is 1. The summed E-state index contributed by atoms with van der Waals surface area (Å²) in [5.74, 6) is 0. The fraction of sp³-hybridized carbons (Fsp3) is 0.571. The van der Waals surface area contributed by atoms with Crippen LogP contribution in [0.3, 0.4) is 0 Å². The molecule has 0 aliphatic heterocycles. The van der Waals surface area contributed by atoms with E-state index in [4.69, 9.17) is 11.6 Å². The quantitative estimate of drug-likeness (QED) is 0.779. The summed E-state index contributed by atoms with van der Waals surface area (Å²) in [6.07, 6.45) is 8.29. The molecule has 16 heavy (non-hydrogen) atoms. The molecule has 0 atom stereocenters. The largest absolute Gasteiger partial charge is 0.310 e. The minimum absolute atomic E-state index is 0.721. The summed E-state index contributed by atoms with van der Waals surface area (Å²) in [7, 11) is 0. The Hall–Kier alpha value is -0.530. The van der Waals surface area contributed by atoms with E-state index < -0.39 is 0 Å². The van der Waals surface area contributed by atoms with Gasteiger partial charge in [-0.25, -0.2) is 0 Å². The fourth-order valence-electron chi connectivity index (χ4n) is 2.35. The van der Waals surface area contributed by atoms with Gasteiger partial charge in [0.05, 0.1) is 0 Å². The first-order valence-electron chi connectivity index (χ1n) is 6.32. The highest BCUT2D eigenvalue weighted by Crippen LogP contribution is 2.17. The van der Waals surface area contributed by atoms with Crippen LogP contribution in [0.5, 0.6) is 0 Å². The molecule has 0 radical (unpaired) electrons. The molecule has 1 nitrogen and oxygen atoms in total. The maximum Gasteiger partial charge on any atom is 0.0406 e. The van der Waals surface area contributed by atoms with Gasteiger partial charge in [-0.2, -0.15) is 0 Å². The van der Waals surface area contributed by atoms with Gasteiger partial charge in [-0.15, -0.1) is 0 Å². The first kappa shape index (κ1) is 11.9. The molecular formula is C14H20ClN. The standard InChI is InChI=1S/C14H20ClN/c15-13-9-7-12(8-10-13)11-16-14-5-3-1-2-4-6-14/h7-10,14,16H,1-6,11H2. The molecule has 1 N–H and O–H groups in total. The van der Waals surface area contributed by atoms with E-state index in [1.165, 1.54) is 44.1 Å². The van der Waals surface area contributed by atoms with Gasteiger partial charge in [0.15, 0.2) is 0 Å². The molecule has 2 heteroatoms. The summed E-state index contributed by atoms with van der Waals surface area (Å²) >= 11 is 5.86. The molecule has 0 unspecified atom stereocenters. The zero-order valence-corrected chi connectivity index (χ0v) is 10.5. The van der Waals surface area contributed by atoms with Gasteiger partial charge in [0.25, 0.3) is 0 Å². The molecule has 1 saturated carbocycles. The first-order valence-corrected chi connectivity index (χ1v) is 6.70. The molecule has 0 amide bonds. The lowest BCUT2D eigenvalue weighted by Gasteiger charge is -2.16. The highest BCUT2D eigenvalue weighted by atomic mass is 35.5. The van der Waals surface area contributed by atoms with E-state index >= 15 is 0 Å². The second-order valence-electron chi connectivity index (χ2n) is 4.70. The van der Waals surface area contributed by atoms with Crippen LogP contribution in [0.2, 0.25) is 5.02 Å². The maximum atomic E-state index is 5.86. The molecule has 1 fully saturated rings. The van der Waals surface area contributed by atoms with Crippen molar-refractivity contribution in [2.75, 3.05) is 0 Å². The molecule has 0 bridgehead atoms. The number of halogens is 1. The predicted molar refractivity (Wildman–Crippen MR) is 69.8 cm³/mol. The van der Waals surface area contributed by atoms with Crippen molar-refractivity contribution in [1.82, 2.24) is 5.32 Å². The van der Waals surface area contributed by atoms with Crippen molar-refractivity contribution < 1.29 is 0 Å². The molecular weight excluding hydrogens is 218 g/mol. The summed E-state index contributed by atoms with van der Waals surface area (Å²) in [4.78, 5) is 0. The molecule has 0 aromatic heterocycles. The van der Waals surface area contributed by atoms with Crippen LogP contribution in [0.1, 0.15) is 44.1 Å². The van der Waals surface area contributed by atoms with Crippen molar-refractivity contribution in [3.63, 3.8) is 0 Å². The Morgan fingerprint density at radius 2 is 1.62 bits per heavy atom. The third-order valence-corrected chi connectivity index (χ3v) is 3.62. The zero-order valence-electron chi connectivity index (χ0n) is 9.71. The van der Waals surface area contributed by atoms with Gasteiger partial charge in [0.2, 0.25) is 0 Å².